The van der Waals surface area contributed by atoms with E-state index in [0.717, 1.165) is 75.2 Å². The Morgan fingerprint density at radius 2 is 0.957 bits per heavy atom. The van der Waals surface area contributed by atoms with Gasteiger partial charge in [-0.05, 0) is 104 Å². The standard InChI is InChI=1S/C36H54N6O4/c1-9-45-33(43)27-11-15-29(16-12-27)37-31(39-35(3,4)5)19-21-41-23-25-42(26-24-41)22-20-32(40-36(6,7)8)38-30-17-13-28(14-18-30)34(44)46-10-2/h11-18H,9-10,19-26H2,1-8H3,(H,37,39)(H,38,40). The molecule has 0 unspecified atom stereocenters. The summed E-state index contributed by atoms with van der Waals surface area (Å²) >= 11 is 0. The molecule has 1 saturated heterocycles. The van der Waals surface area contributed by atoms with Crippen molar-refractivity contribution in [3.63, 3.8) is 0 Å². The molecule has 10 heteroatoms. The molecular formula is C36H54N6O4. The first-order valence-electron chi connectivity index (χ1n) is 16.4. The Kier molecular flexibility index (Phi) is 13.8. The summed E-state index contributed by atoms with van der Waals surface area (Å²) in [7, 11) is 0. The van der Waals surface area contributed by atoms with Crippen LogP contribution in [0.15, 0.2) is 58.5 Å². The molecule has 1 fully saturated rings. The van der Waals surface area contributed by atoms with Crippen LogP contribution < -0.4 is 10.6 Å². The summed E-state index contributed by atoms with van der Waals surface area (Å²) < 4.78 is 10.2. The Labute approximate surface area is 275 Å². The Balaban J connectivity index is 1.52. The van der Waals surface area contributed by atoms with E-state index >= 15 is 0 Å². The van der Waals surface area contributed by atoms with Crippen molar-refractivity contribution in [1.29, 1.82) is 0 Å². The van der Waals surface area contributed by atoms with Gasteiger partial charge in [0.2, 0.25) is 0 Å². The maximum Gasteiger partial charge on any atom is 0.338 e. The van der Waals surface area contributed by atoms with Crippen molar-refractivity contribution in [2.75, 3.05) is 63.1 Å². The molecule has 0 amide bonds. The second-order valence-corrected chi connectivity index (χ2v) is 13.5. The molecular weight excluding hydrogens is 580 g/mol. The minimum atomic E-state index is -0.312. The number of carbonyl (C=O) groups excluding carboxylic acids is 2. The number of amidine groups is 2. The molecule has 252 valence electrons. The quantitative estimate of drug-likeness (QED) is 0.158. The zero-order valence-electron chi connectivity index (χ0n) is 29.1. The predicted molar refractivity (Wildman–Crippen MR) is 189 cm³/mol. The zero-order valence-corrected chi connectivity index (χ0v) is 29.1. The Hall–Kier alpha value is -3.76. The summed E-state index contributed by atoms with van der Waals surface area (Å²) in [6.07, 6.45) is 1.61. The topological polar surface area (TPSA) is 108 Å². The number of aliphatic imine (C=N–C) groups is 2. The van der Waals surface area contributed by atoms with Crippen LogP contribution in [-0.4, -0.2) is 97.0 Å². The lowest BCUT2D eigenvalue weighted by molar-refractivity contribution is 0.0517. The van der Waals surface area contributed by atoms with Gasteiger partial charge in [0.15, 0.2) is 0 Å². The summed E-state index contributed by atoms with van der Waals surface area (Å²) in [6, 6.07) is 14.7. The summed E-state index contributed by atoms with van der Waals surface area (Å²) in [5.41, 5.74) is 2.45. The molecule has 0 aromatic heterocycles. The molecule has 10 nitrogen and oxygen atoms in total. The normalized spacial score (nSPS) is 15.4. The highest BCUT2D eigenvalue weighted by atomic mass is 16.5. The van der Waals surface area contributed by atoms with Gasteiger partial charge in [0.1, 0.15) is 11.7 Å². The van der Waals surface area contributed by atoms with Gasteiger partial charge in [-0.25, -0.2) is 9.59 Å². The minimum Gasteiger partial charge on any atom is -0.462 e. The molecule has 2 aromatic rings. The number of anilines is 2. The van der Waals surface area contributed by atoms with E-state index in [4.69, 9.17) is 19.5 Å². The van der Waals surface area contributed by atoms with E-state index in [1.165, 1.54) is 0 Å². The lowest BCUT2D eigenvalue weighted by Gasteiger charge is -2.35. The monoisotopic (exact) mass is 634 g/mol. The first-order valence-corrected chi connectivity index (χ1v) is 16.4. The summed E-state index contributed by atoms with van der Waals surface area (Å²) in [4.78, 5) is 38.9. The van der Waals surface area contributed by atoms with Crippen LogP contribution in [0.5, 0.6) is 0 Å². The molecule has 3 rings (SSSR count). The van der Waals surface area contributed by atoms with Gasteiger partial charge in [0.25, 0.3) is 0 Å². The number of carbonyl (C=O) groups is 2. The third-order valence-electron chi connectivity index (χ3n) is 7.10. The van der Waals surface area contributed by atoms with Crippen molar-refractivity contribution in [2.45, 2.75) is 79.3 Å². The van der Waals surface area contributed by atoms with Crippen molar-refractivity contribution in [3.05, 3.63) is 59.7 Å². The van der Waals surface area contributed by atoms with Crippen molar-refractivity contribution in [2.24, 2.45) is 9.98 Å². The van der Waals surface area contributed by atoms with Crippen LogP contribution >= 0.6 is 0 Å². The highest BCUT2D eigenvalue weighted by Gasteiger charge is 2.20. The van der Waals surface area contributed by atoms with Crippen molar-refractivity contribution in [3.8, 4) is 0 Å². The van der Waals surface area contributed by atoms with E-state index in [-0.39, 0.29) is 23.0 Å². The molecule has 0 aliphatic carbocycles. The van der Waals surface area contributed by atoms with E-state index in [1.54, 1.807) is 38.1 Å². The number of rotatable bonds is 12. The van der Waals surface area contributed by atoms with Crippen LogP contribution in [0.2, 0.25) is 0 Å². The van der Waals surface area contributed by atoms with E-state index in [0.29, 0.717) is 24.3 Å². The average molecular weight is 635 g/mol. The number of benzene rings is 2. The first kappa shape index (κ1) is 36.7. The SMILES string of the molecule is CCOC(=O)c1ccc(NC(CCN2CCN(CCC(=NC(C)(C)C)Nc3ccc(C(=O)OCC)cc3)CC2)=NC(C)(C)C)cc1. The van der Waals surface area contributed by atoms with Gasteiger partial charge in [-0.15, -0.1) is 0 Å². The van der Waals surface area contributed by atoms with Crippen molar-refractivity contribution < 1.29 is 19.1 Å². The third-order valence-corrected chi connectivity index (χ3v) is 7.10. The second-order valence-electron chi connectivity index (χ2n) is 13.5. The number of hydrogen-bond acceptors (Lipinski definition) is 8. The van der Waals surface area contributed by atoms with Crippen LogP contribution in [0.1, 0.15) is 88.9 Å². The summed E-state index contributed by atoms with van der Waals surface area (Å²) in [5.74, 6) is 1.24. The highest BCUT2D eigenvalue weighted by Crippen LogP contribution is 2.17. The number of nitrogens with zero attached hydrogens (tertiary/aromatic N) is 4. The molecule has 1 heterocycles. The van der Waals surface area contributed by atoms with E-state index in [9.17, 15) is 9.59 Å². The smallest absolute Gasteiger partial charge is 0.338 e. The fourth-order valence-corrected chi connectivity index (χ4v) is 5.01. The van der Waals surface area contributed by atoms with Crippen LogP contribution in [-0.2, 0) is 9.47 Å². The lowest BCUT2D eigenvalue weighted by atomic mass is 10.1. The highest BCUT2D eigenvalue weighted by molar-refractivity contribution is 5.97. The van der Waals surface area contributed by atoms with Crippen LogP contribution in [0.3, 0.4) is 0 Å². The maximum atomic E-state index is 12.0. The zero-order chi connectivity index (χ0) is 33.7. The molecule has 0 saturated carbocycles. The molecule has 0 spiro atoms. The molecule has 0 atom stereocenters. The Morgan fingerprint density at radius 1 is 0.630 bits per heavy atom. The number of ether oxygens (including phenoxy) is 2. The van der Waals surface area contributed by atoms with Gasteiger partial charge in [-0.1, -0.05) is 0 Å². The average Bonchev–Trinajstić information content (AvgIpc) is 2.99. The van der Waals surface area contributed by atoms with Crippen LogP contribution in [0, 0.1) is 0 Å². The predicted octanol–water partition coefficient (Wildman–Crippen LogP) is 6.36. The van der Waals surface area contributed by atoms with Crippen molar-refractivity contribution >= 4 is 35.0 Å². The summed E-state index contributed by atoms with van der Waals surface area (Å²) in [6.45, 7) is 22.7. The minimum absolute atomic E-state index is 0.213. The molecule has 46 heavy (non-hydrogen) atoms. The second kappa shape index (κ2) is 17.2. The van der Waals surface area contributed by atoms with Gasteiger partial charge in [-0.3, -0.25) is 9.98 Å². The van der Waals surface area contributed by atoms with E-state index in [1.807, 2.05) is 24.3 Å². The molecule has 2 aromatic carbocycles. The van der Waals surface area contributed by atoms with E-state index < -0.39 is 0 Å². The molecule has 1 aliphatic rings. The Bertz CT molecular complexity index is 1210. The van der Waals surface area contributed by atoms with Crippen LogP contribution in [0.25, 0.3) is 0 Å². The molecule has 1 aliphatic heterocycles. The summed E-state index contributed by atoms with van der Waals surface area (Å²) in [5, 5.41) is 6.97. The largest absolute Gasteiger partial charge is 0.462 e. The fourth-order valence-electron chi connectivity index (χ4n) is 5.01. The van der Waals surface area contributed by atoms with Gasteiger partial charge < -0.3 is 29.9 Å². The Morgan fingerprint density at radius 3 is 1.24 bits per heavy atom. The van der Waals surface area contributed by atoms with Gasteiger partial charge in [0, 0.05) is 63.5 Å². The number of nitrogens with one attached hydrogen (secondary N) is 2. The molecule has 2 N–H and O–H groups in total. The fraction of sp³-hybridized carbons (Fsp3) is 0.556. The van der Waals surface area contributed by atoms with Crippen molar-refractivity contribution in [1.82, 2.24) is 9.80 Å². The van der Waals surface area contributed by atoms with Crippen LogP contribution in [0.4, 0.5) is 11.4 Å². The van der Waals surface area contributed by atoms with E-state index in [2.05, 4.69) is 62.0 Å². The van der Waals surface area contributed by atoms with Gasteiger partial charge >= 0.3 is 11.9 Å². The van der Waals surface area contributed by atoms with Gasteiger partial charge in [-0.2, -0.15) is 0 Å². The number of esters is 2. The molecule has 0 bridgehead atoms. The lowest BCUT2D eigenvalue weighted by Crippen LogP contribution is -2.47. The third kappa shape index (κ3) is 13.3. The molecule has 0 radical (unpaired) electrons. The van der Waals surface area contributed by atoms with Gasteiger partial charge in [0.05, 0.1) is 35.4 Å². The number of hydrogen-bond donors (Lipinski definition) is 2. The maximum absolute atomic E-state index is 12.0. The first-order chi connectivity index (χ1) is 21.7. The number of piperazine rings is 1.